The molecule has 5 nitrogen and oxygen atoms in total. The SMILES string of the molecule is COc1cc(OC)c(C(O)CC=O)c(OC)c1. The van der Waals surface area contributed by atoms with E-state index in [1.54, 1.807) is 12.1 Å². The second-order valence-electron chi connectivity index (χ2n) is 3.36. The molecule has 0 saturated carbocycles. The highest BCUT2D eigenvalue weighted by Crippen LogP contribution is 2.38. The van der Waals surface area contributed by atoms with E-state index in [0.29, 0.717) is 29.1 Å². The minimum Gasteiger partial charge on any atom is -0.496 e. The molecule has 0 aromatic heterocycles. The molecule has 0 aliphatic heterocycles. The Kier molecular flexibility index (Phi) is 4.78. The van der Waals surface area contributed by atoms with Crippen LogP contribution in [0.2, 0.25) is 0 Å². The van der Waals surface area contributed by atoms with Crippen LogP contribution in [0.4, 0.5) is 0 Å². The predicted molar refractivity (Wildman–Crippen MR) is 61.7 cm³/mol. The molecule has 1 rings (SSSR count). The summed E-state index contributed by atoms with van der Waals surface area (Å²) in [6, 6.07) is 3.26. The Bertz CT molecular complexity index is 363. The second kappa shape index (κ2) is 6.10. The van der Waals surface area contributed by atoms with Gasteiger partial charge in [0.15, 0.2) is 0 Å². The maximum absolute atomic E-state index is 10.4. The van der Waals surface area contributed by atoms with E-state index in [9.17, 15) is 9.90 Å². The lowest BCUT2D eigenvalue weighted by Gasteiger charge is -2.17. The van der Waals surface area contributed by atoms with Crippen LogP contribution in [0.3, 0.4) is 0 Å². The molecule has 0 heterocycles. The van der Waals surface area contributed by atoms with Crippen molar-refractivity contribution in [1.82, 2.24) is 0 Å². The molecule has 5 heteroatoms. The number of ether oxygens (including phenoxy) is 3. The zero-order chi connectivity index (χ0) is 12.8. The first-order chi connectivity index (χ1) is 8.17. The summed E-state index contributed by atoms with van der Waals surface area (Å²) in [4.78, 5) is 10.4. The zero-order valence-corrected chi connectivity index (χ0v) is 10.1. The van der Waals surface area contributed by atoms with Crippen molar-refractivity contribution in [1.29, 1.82) is 0 Å². The monoisotopic (exact) mass is 240 g/mol. The summed E-state index contributed by atoms with van der Waals surface area (Å²) in [7, 11) is 4.48. The number of hydrogen-bond donors (Lipinski definition) is 1. The van der Waals surface area contributed by atoms with Crippen molar-refractivity contribution in [3.05, 3.63) is 17.7 Å². The predicted octanol–water partition coefficient (Wildman–Crippen LogP) is 1.33. The van der Waals surface area contributed by atoms with Crippen LogP contribution in [-0.4, -0.2) is 32.7 Å². The number of aliphatic hydroxyl groups is 1. The molecule has 0 bridgehead atoms. The third-order valence-corrected chi connectivity index (χ3v) is 2.41. The first-order valence-electron chi connectivity index (χ1n) is 5.09. The molecule has 0 saturated heterocycles. The lowest BCUT2D eigenvalue weighted by atomic mass is 10.0. The highest BCUT2D eigenvalue weighted by Gasteiger charge is 2.20. The topological polar surface area (TPSA) is 65.0 Å². The number of aliphatic hydroxyl groups excluding tert-OH is 1. The average molecular weight is 240 g/mol. The van der Waals surface area contributed by atoms with Gasteiger partial charge in [0, 0.05) is 18.6 Å². The summed E-state index contributed by atoms with van der Waals surface area (Å²) in [6.45, 7) is 0. The average Bonchev–Trinajstić information content (AvgIpc) is 2.37. The maximum atomic E-state index is 10.4. The summed E-state index contributed by atoms with van der Waals surface area (Å²) < 4.78 is 15.4. The van der Waals surface area contributed by atoms with Crippen molar-refractivity contribution in [2.24, 2.45) is 0 Å². The van der Waals surface area contributed by atoms with E-state index in [2.05, 4.69) is 0 Å². The standard InChI is InChI=1S/C12H16O5/c1-15-8-6-10(16-2)12(9(14)4-5-13)11(7-8)17-3/h5-7,9,14H,4H2,1-3H3. The van der Waals surface area contributed by atoms with E-state index in [0.717, 1.165) is 0 Å². The summed E-state index contributed by atoms with van der Waals surface area (Å²) in [5.74, 6) is 1.41. The van der Waals surface area contributed by atoms with Crippen LogP contribution in [0.25, 0.3) is 0 Å². The number of carbonyl (C=O) groups is 1. The van der Waals surface area contributed by atoms with Gasteiger partial charge in [-0.15, -0.1) is 0 Å². The van der Waals surface area contributed by atoms with Gasteiger partial charge in [-0.3, -0.25) is 0 Å². The first-order valence-corrected chi connectivity index (χ1v) is 5.09. The van der Waals surface area contributed by atoms with Crippen LogP contribution in [0, 0.1) is 0 Å². The Labute approximate surface area is 99.9 Å². The van der Waals surface area contributed by atoms with Crippen molar-refractivity contribution in [3.63, 3.8) is 0 Å². The van der Waals surface area contributed by atoms with E-state index in [1.807, 2.05) is 0 Å². The van der Waals surface area contributed by atoms with Gasteiger partial charge in [-0.1, -0.05) is 0 Å². The Hall–Kier alpha value is -1.75. The largest absolute Gasteiger partial charge is 0.496 e. The van der Waals surface area contributed by atoms with Crippen molar-refractivity contribution in [2.75, 3.05) is 21.3 Å². The van der Waals surface area contributed by atoms with Gasteiger partial charge in [-0.05, 0) is 0 Å². The number of rotatable bonds is 6. The Balaban J connectivity index is 3.28. The van der Waals surface area contributed by atoms with Gasteiger partial charge in [0.2, 0.25) is 0 Å². The molecule has 1 unspecified atom stereocenters. The first kappa shape index (κ1) is 13.3. The minimum absolute atomic E-state index is 0.0148. The summed E-state index contributed by atoms with van der Waals surface area (Å²) in [5, 5.41) is 9.88. The van der Waals surface area contributed by atoms with E-state index in [4.69, 9.17) is 14.2 Å². The van der Waals surface area contributed by atoms with Gasteiger partial charge >= 0.3 is 0 Å². The van der Waals surface area contributed by atoms with E-state index >= 15 is 0 Å². The van der Waals surface area contributed by atoms with Crippen molar-refractivity contribution in [2.45, 2.75) is 12.5 Å². The molecule has 1 N–H and O–H groups in total. The van der Waals surface area contributed by atoms with Crippen LogP contribution < -0.4 is 14.2 Å². The highest BCUT2D eigenvalue weighted by atomic mass is 16.5. The molecule has 1 aromatic rings. The molecule has 0 radical (unpaired) electrons. The molecule has 17 heavy (non-hydrogen) atoms. The van der Waals surface area contributed by atoms with Gasteiger partial charge in [0.25, 0.3) is 0 Å². The third kappa shape index (κ3) is 2.88. The van der Waals surface area contributed by atoms with Crippen molar-refractivity contribution in [3.8, 4) is 17.2 Å². The Morgan fingerprint density at radius 2 is 1.71 bits per heavy atom. The molecule has 0 aliphatic carbocycles. The minimum atomic E-state index is -0.955. The van der Waals surface area contributed by atoms with Gasteiger partial charge in [-0.25, -0.2) is 0 Å². The smallest absolute Gasteiger partial charge is 0.132 e. The summed E-state index contributed by atoms with van der Waals surface area (Å²) >= 11 is 0. The molecule has 0 fully saturated rings. The number of benzene rings is 1. The lowest BCUT2D eigenvalue weighted by Crippen LogP contribution is -2.04. The molecule has 94 valence electrons. The normalized spacial score (nSPS) is 11.8. The van der Waals surface area contributed by atoms with Crippen LogP contribution in [-0.2, 0) is 4.79 Å². The van der Waals surface area contributed by atoms with Gasteiger partial charge in [0.05, 0.1) is 33.0 Å². The Morgan fingerprint density at radius 1 is 1.18 bits per heavy atom. The second-order valence-corrected chi connectivity index (χ2v) is 3.36. The fourth-order valence-electron chi connectivity index (χ4n) is 1.57. The molecule has 1 atom stereocenters. The van der Waals surface area contributed by atoms with Gasteiger partial charge < -0.3 is 24.1 Å². The molecule has 1 aromatic carbocycles. The molecule has 0 spiro atoms. The number of aldehydes is 1. The fourth-order valence-corrected chi connectivity index (χ4v) is 1.57. The molecule has 0 aliphatic rings. The Morgan fingerprint density at radius 3 is 2.06 bits per heavy atom. The molecular formula is C12H16O5. The van der Waals surface area contributed by atoms with E-state index in [-0.39, 0.29) is 6.42 Å². The van der Waals surface area contributed by atoms with E-state index < -0.39 is 6.10 Å². The van der Waals surface area contributed by atoms with Gasteiger partial charge in [0.1, 0.15) is 23.5 Å². The number of carbonyl (C=O) groups excluding carboxylic acids is 1. The fraction of sp³-hybridized carbons (Fsp3) is 0.417. The van der Waals surface area contributed by atoms with Crippen LogP contribution in [0.1, 0.15) is 18.1 Å². The van der Waals surface area contributed by atoms with Crippen LogP contribution >= 0.6 is 0 Å². The number of methoxy groups -OCH3 is 3. The van der Waals surface area contributed by atoms with E-state index in [1.165, 1.54) is 21.3 Å². The van der Waals surface area contributed by atoms with Crippen molar-refractivity contribution >= 4 is 6.29 Å². The quantitative estimate of drug-likeness (QED) is 0.760. The highest BCUT2D eigenvalue weighted by molar-refractivity contribution is 5.56. The molecule has 0 amide bonds. The third-order valence-electron chi connectivity index (χ3n) is 2.41. The lowest BCUT2D eigenvalue weighted by molar-refractivity contribution is -0.109. The molecular weight excluding hydrogens is 224 g/mol. The summed E-state index contributed by atoms with van der Waals surface area (Å²) in [5.41, 5.74) is 0.447. The van der Waals surface area contributed by atoms with Gasteiger partial charge in [-0.2, -0.15) is 0 Å². The number of hydrogen-bond acceptors (Lipinski definition) is 5. The van der Waals surface area contributed by atoms with Crippen molar-refractivity contribution < 1.29 is 24.1 Å². The van der Waals surface area contributed by atoms with Crippen LogP contribution in [0.15, 0.2) is 12.1 Å². The summed E-state index contributed by atoms with van der Waals surface area (Å²) in [6.07, 6.45) is -0.323. The zero-order valence-electron chi connectivity index (χ0n) is 10.1. The maximum Gasteiger partial charge on any atom is 0.132 e. The van der Waals surface area contributed by atoms with Crippen LogP contribution in [0.5, 0.6) is 17.2 Å².